The van der Waals surface area contributed by atoms with E-state index in [9.17, 15) is 23.2 Å². The van der Waals surface area contributed by atoms with Crippen LogP contribution >= 0.6 is 0 Å². The molecule has 2 atom stereocenters. The summed E-state index contributed by atoms with van der Waals surface area (Å²) in [6.45, 7) is 0.426. The van der Waals surface area contributed by atoms with Gasteiger partial charge in [0.1, 0.15) is 33.8 Å². The lowest BCUT2D eigenvalue weighted by Gasteiger charge is -2.29. The summed E-state index contributed by atoms with van der Waals surface area (Å²) in [7, 11) is -3.40. The number of carbonyl (C=O) groups is 2. The minimum atomic E-state index is -3.40. The fraction of sp³-hybridized carbons (Fsp3) is 0.258. The number of carbonyl (C=O) groups excluding carboxylic acids is 2. The van der Waals surface area contributed by atoms with Crippen molar-refractivity contribution in [1.82, 2.24) is 15.4 Å². The van der Waals surface area contributed by atoms with Crippen molar-refractivity contribution in [3.8, 4) is 17.0 Å². The van der Waals surface area contributed by atoms with Crippen molar-refractivity contribution < 1.29 is 28.0 Å². The Kier molecular flexibility index (Phi) is 8.26. The molecule has 1 aliphatic rings. The van der Waals surface area contributed by atoms with Gasteiger partial charge in [-0.3, -0.25) is 14.8 Å². The minimum Gasteiger partial charge on any atom is -0.489 e. The number of aromatic nitrogens is 1. The number of pyridine rings is 1. The van der Waals surface area contributed by atoms with Crippen LogP contribution in [0.5, 0.6) is 5.75 Å². The van der Waals surface area contributed by atoms with Gasteiger partial charge < -0.3 is 15.4 Å². The zero-order chi connectivity index (χ0) is 29.9. The number of likely N-dealkylation sites (tertiary alicyclic amines) is 1. The van der Waals surface area contributed by atoms with E-state index in [-0.39, 0.29) is 25.1 Å². The van der Waals surface area contributed by atoms with Gasteiger partial charge in [-0.05, 0) is 42.7 Å². The number of benzene rings is 3. The average Bonchev–Trinajstić information content (AvgIpc) is 3.30. The van der Waals surface area contributed by atoms with E-state index in [2.05, 4.69) is 0 Å². The van der Waals surface area contributed by atoms with Gasteiger partial charge in [0.25, 0.3) is 5.91 Å². The van der Waals surface area contributed by atoms with Crippen LogP contribution in [0.15, 0.2) is 84.9 Å². The van der Waals surface area contributed by atoms with Crippen LogP contribution in [0.25, 0.3) is 22.2 Å². The maximum atomic E-state index is 13.4. The predicted octanol–water partition coefficient (Wildman–Crippen LogP) is 3.18. The number of fused-ring (bicyclic) bond motifs is 1. The van der Waals surface area contributed by atoms with Crippen LogP contribution in [0, 0.1) is 0 Å². The fourth-order valence-electron chi connectivity index (χ4n) is 5.29. The fourth-order valence-corrected chi connectivity index (χ4v) is 5.94. The Labute approximate surface area is 244 Å². The summed E-state index contributed by atoms with van der Waals surface area (Å²) in [4.78, 5) is 31.8. The van der Waals surface area contributed by atoms with Crippen LogP contribution < -0.4 is 16.0 Å². The molecular weight excluding hydrogens is 556 g/mol. The van der Waals surface area contributed by atoms with E-state index in [1.807, 2.05) is 60.7 Å². The smallest absolute Gasteiger partial charge is 0.266 e. The molecular formula is C31H32N4O6S. The summed E-state index contributed by atoms with van der Waals surface area (Å²) in [6, 6.07) is 25.6. The lowest BCUT2D eigenvalue weighted by molar-refractivity contribution is -0.144. The number of rotatable bonds is 10. The molecule has 0 saturated carbocycles. The van der Waals surface area contributed by atoms with Gasteiger partial charge in [0, 0.05) is 29.3 Å². The van der Waals surface area contributed by atoms with E-state index in [4.69, 9.17) is 15.5 Å². The van der Waals surface area contributed by atoms with Gasteiger partial charge in [-0.1, -0.05) is 60.7 Å². The molecule has 2 unspecified atom stereocenters. The van der Waals surface area contributed by atoms with Gasteiger partial charge in [-0.15, -0.1) is 0 Å². The average molecular weight is 589 g/mol. The molecule has 10 nitrogen and oxygen atoms in total. The predicted molar refractivity (Wildman–Crippen MR) is 158 cm³/mol. The standard InChI is InChI=1S/C31H32N4O6S/c1-42(39,40)18-15-28(29(36)34-38)35-17-16-31(32,30(35)37)23-11-13-24(14-12-23)41-20-22-19-27(21-7-3-2-4-8-21)33-26-10-6-5-9-25(22)26/h2-14,19,28,38H,15-18,20,32H2,1H3,(H,34,36). The number of nitrogens with zero attached hydrogens (tertiary/aromatic N) is 2. The number of hydroxylamine groups is 1. The Hall–Kier alpha value is -4.32. The number of sulfone groups is 1. The molecule has 11 heteroatoms. The third kappa shape index (κ3) is 6.13. The Morgan fingerprint density at radius 3 is 2.48 bits per heavy atom. The topological polar surface area (TPSA) is 152 Å². The van der Waals surface area contributed by atoms with Crippen LogP contribution in [0.1, 0.15) is 24.0 Å². The largest absolute Gasteiger partial charge is 0.489 e. The van der Waals surface area contributed by atoms with Crippen LogP contribution in [0.2, 0.25) is 0 Å². The maximum absolute atomic E-state index is 13.4. The van der Waals surface area contributed by atoms with Gasteiger partial charge in [0.2, 0.25) is 5.91 Å². The number of hydrogen-bond donors (Lipinski definition) is 3. The molecule has 42 heavy (non-hydrogen) atoms. The second-order valence-electron chi connectivity index (χ2n) is 10.5. The van der Waals surface area contributed by atoms with E-state index >= 15 is 0 Å². The van der Waals surface area contributed by atoms with E-state index in [0.717, 1.165) is 34.0 Å². The number of ether oxygens (including phenoxy) is 1. The first kappa shape index (κ1) is 29.2. The summed E-state index contributed by atoms with van der Waals surface area (Å²) >= 11 is 0. The molecule has 4 N–H and O–H groups in total. The highest BCUT2D eigenvalue weighted by Gasteiger charge is 2.48. The molecule has 2 heterocycles. The van der Waals surface area contributed by atoms with E-state index in [1.165, 1.54) is 10.4 Å². The van der Waals surface area contributed by atoms with Crippen LogP contribution in [0.4, 0.5) is 0 Å². The Morgan fingerprint density at radius 1 is 1.10 bits per heavy atom. The monoisotopic (exact) mass is 588 g/mol. The van der Waals surface area contributed by atoms with Gasteiger partial charge >= 0.3 is 0 Å². The molecule has 4 aromatic rings. The third-order valence-corrected chi connectivity index (χ3v) is 8.55. The SMILES string of the molecule is CS(=O)(=O)CCC(C(=O)NO)N1CCC(N)(c2ccc(OCc3cc(-c4ccccc4)nc4ccccc34)cc2)C1=O. The van der Waals surface area contributed by atoms with E-state index in [1.54, 1.807) is 24.3 Å². The Bertz CT molecular complexity index is 1710. The minimum absolute atomic E-state index is 0.133. The first-order valence-corrected chi connectivity index (χ1v) is 15.5. The van der Waals surface area contributed by atoms with Crippen molar-refractivity contribution in [3.05, 3.63) is 96.1 Å². The zero-order valence-electron chi connectivity index (χ0n) is 23.1. The van der Waals surface area contributed by atoms with Crippen molar-refractivity contribution in [2.45, 2.75) is 31.0 Å². The van der Waals surface area contributed by atoms with Gasteiger partial charge in [-0.2, -0.15) is 0 Å². The van der Waals surface area contributed by atoms with Crippen LogP contribution in [0.3, 0.4) is 0 Å². The molecule has 2 amide bonds. The van der Waals surface area contributed by atoms with Crippen LogP contribution in [-0.4, -0.2) is 59.9 Å². The van der Waals surface area contributed by atoms with Crippen LogP contribution in [-0.2, 0) is 31.6 Å². The highest BCUT2D eigenvalue weighted by atomic mass is 32.2. The molecule has 1 fully saturated rings. The second-order valence-corrected chi connectivity index (χ2v) is 12.8. The van der Waals surface area contributed by atoms with E-state index < -0.39 is 33.2 Å². The number of para-hydroxylation sites is 1. The quantitative estimate of drug-likeness (QED) is 0.189. The number of nitrogens with two attached hydrogens (primary N) is 1. The molecule has 5 rings (SSSR count). The molecule has 0 spiro atoms. The maximum Gasteiger partial charge on any atom is 0.266 e. The molecule has 3 aromatic carbocycles. The first-order valence-electron chi connectivity index (χ1n) is 13.5. The first-order chi connectivity index (χ1) is 20.1. The lowest BCUT2D eigenvalue weighted by atomic mass is 9.89. The van der Waals surface area contributed by atoms with Gasteiger partial charge in [0.15, 0.2) is 0 Å². The van der Waals surface area contributed by atoms with Crippen molar-refractivity contribution in [3.63, 3.8) is 0 Å². The summed E-state index contributed by atoms with van der Waals surface area (Å²) in [6.07, 6.45) is 1.10. The van der Waals surface area contributed by atoms with Crippen molar-refractivity contribution in [2.24, 2.45) is 5.73 Å². The molecule has 0 bridgehead atoms. The third-order valence-electron chi connectivity index (χ3n) is 7.58. The number of hydrogen-bond acceptors (Lipinski definition) is 8. The second kappa shape index (κ2) is 11.9. The highest BCUT2D eigenvalue weighted by molar-refractivity contribution is 7.90. The Morgan fingerprint density at radius 2 is 1.79 bits per heavy atom. The summed E-state index contributed by atoms with van der Waals surface area (Å²) < 4.78 is 29.5. The normalized spacial score (nSPS) is 17.8. The van der Waals surface area contributed by atoms with Crippen molar-refractivity contribution in [1.29, 1.82) is 0 Å². The summed E-state index contributed by atoms with van der Waals surface area (Å²) in [5, 5.41) is 10.2. The lowest BCUT2D eigenvalue weighted by Crippen LogP contribution is -2.52. The number of nitrogens with one attached hydrogen (secondary N) is 1. The zero-order valence-corrected chi connectivity index (χ0v) is 23.9. The van der Waals surface area contributed by atoms with Gasteiger partial charge in [-0.25, -0.2) is 18.9 Å². The van der Waals surface area contributed by atoms with Crippen molar-refractivity contribution >= 4 is 32.6 Å². The molecule has 1 aromatic heterocycles. The molecule has 0 aliphatic carbocycles. The Balaban J connectivity index is 1.33. The van der Waals surface area contributed by atoms with Gasteiger partial charge in [0.05, 0.1) is 17.0 Å². The summed E-state index contributed by atoms with van der Waals surface area (Å²) in [5.41, 5.74) is 10.9. The van der Waals surface area contributed by atoms with Crippen molar-refractivity contribution in [2.75, 3.05) is 18.6 Å². The highest BCUT2D eigenvalue weighted by Crippen LogP contribution is 2.34. The number of amides is 2. The molecule has 0 radical (unpaired) electrons. The van der Waals surface area contributed by atoms with E-state index in [0.29, 0.717) is 17.9 Å². The molecule has 1 aliphatic heterocycles. The molecule has 218 valence electrons. The summed E-state index contributed by atoms with van der Waals surface area (Å²) in [5.74, 6) is -1.12. The molecule has 1 saturated heterocycles.